The first-order valence-corrected chi connectivity index (χ1v) is 18.4. The highest BCUT2D eigenvalue weighted by Crippen LogP contribution is 2.57. The quantitative estimate of drug-likeness (QED) is 0.264. The number of fused-ring (bicyclic) bond motifs is 7. The van der Waals surface area contributed by atoms with Crippen LogP contribution in [0.5, 0.6) is 11.6 Å². The van der Waals surface area contributed by atoms with Gasteiger partial charge >= 0.3 is 6.09 Å². The van der Waals surface area contributed by atoms with Crippen LogP contribution in [-0.4, -0.2) is 87.1 Å². The van der Waals surface area contributed by atoms with Crippen molar-refractivity contribution in [3.05, 3.63) is 42.4 Å². The Balaban J connectivity index is 1.15. The zero-order valence-corrected chi connectivity index (χ0v) is 29.9. The Morgan fingerprint density at radius 2 is 1.84 bits per heavy atom. The average molecular weight is 700 g/mol. The fourth-order valence-electron chi connectivity index (χ4n) is 8.14. The van der Waals surface area contributed by atoms with Crippen LogP contribution >= 0.6 is 0 Å². The Bertz CT molecular complexity index is 1730. The highest BCUT2D eigenvalue weighted by atomic mass is 16.6. The molecule has 2 unspecified atom stereocenters. The molecule has 0 spiro atoms. The number of hydrogen-bond donors (Lipinski definition) is 2. The van der Waals surface area contributed by atoms with E-state index in [0.717, 1.165) is 49.6 Å². The lowest BCUT2D eigenvalue weighted by atomic mass is 9.85. The van der Waals surface area contributed by atoms with Gasteiger partial charge in [-0.3, -0.25) is 4.79 Å². The molecule has 2 aromatic heterocycles. The molecule has 1 saturated heterocycles. The molecule has 3 aromatic rings. The minimum absolute atomic E-state index is 0.142. The number of ether oxygens (including phenoxy) is 3. The summed E-state index contributed by atoms with van der Waals surface area (Å²) in [5.41, 5.74) is 1.48. The number of carbonyl (C=O) groups excluding carboxylic acids is 3. The summed E-state index contributed by atoms with van der Waals surface area (Å²) in [6, 6.07) is 5.78. The third-order valence-corrected chi connectivity index (χ3v) is 11.1. The predicted octanol–water partition coefficient (Wildman–Crippen LogP) is 4.99. The zero-order valence-electron chi connectivity index (χ0n) is 29.9. The van der Waals surface area contributed by atoms with Crippen LogP contribution < -0.4 is 20.1 Å². The summed E-state index contributed by atoms with van der Waals surface area (Å²) < 4.78 is 18.7. The highest BCUT2D eigenvalue weighted by molar-refractivity contribution is 5.89. The number of hydrogen-bond acceptors (Lipinski definition) is 11. The number of rotatable bonds is 6. The number of nitrogens with one attached hydrogen (secondary N) is 2. The van der Waals surface area contributed by atoms with Crippen LogP contribution in [0.3, 0.4) is 0 Å². The first-order valence-electron chi connectivity index (χ1n) is 18.4. The summed E-state index contributed by atoms with van der Waals surface area (Å²) in [4.78, 5) is 59.9. The van der Waals surface area contributed by atoms with E-state index in [9.17, 15) is 14.4 Å². The monoisotopic (exact) mass is 699 g/mol. The van der Waals surface area contributed by atoms with Gasteiger partial charge in [-0.15, -0.1) is 0 Å². The highest BCUT2D eigenvalue weighted by Gasteiger charge is 2.54. The topological polar surface area (TPSA) is 158 Å². The van der Waals surface area contributed by atoms with Crippen LogP contribution in [0.2, 0.25) is 0 Å². The van der Waals surface area contributed by atoms with Crippen LogP contribution in [0.1, 0.15) is 71.9 Å². The van der Waals surface area contributed by atoms with E-state index in [1.165, 1.54) is 6.42 Å². The van der Waals surface area contributed by atoms with Gasteiger partial charge in [0.25, 0.3) is 0 Å². The van der Waals surface area contributed by atoms with Crippen molar-refractivity contribution < 1.29 is 28.6 Å². The fourth-order valence-corrected chi connectivity index (χ4v) is 8.14. The molecule has 4 aliphatic rings. The van der Waals surface area contributed by atoms with Gasteiger partial charge in [-0.25, -0.2) is 24.7 Å². The van der Waals surface area contributed by atoms with Crippen LogP contribution in [0.15, 0.2) is 36.7 Å². The molecule has 2 N–H and O–H groups in total. The summed E-state index contributed by atoms with van der Waals surface area (Å²) in [7, 11) is 0. The second-order valence-electron chi connectivity index (χ2n) is 15.7. The molecule has 2 aliphatic carbocycles. The molecule has 0 radical (unpaired) electrons. The van der Waals surface area contributed by atoms with E-state index in [1.807, 2.05) is 45.9 Å². The van der Waals surface area contributed by atoms with Gasteiger partial charge in [0.05, 0.1) is 30.2 Å². The minimum Gasteiger partial charge on any atom is -0.492 e. The number of nitrogens with zero attached hydrogens (tertiary/aromatic N) is 5. The summed E-state index contributed by atoms with van der Waals surface area (Å²) in [5.74, 6) is 2.49. The number of aryl methyl sites for hydroxylation is 1. The van der Waals surface area contributed by atoms with Crippen molar-refractivity contribution in [1.29, 1.82) is 0 Å². The first-order chi connectivity index (χ1) is 24.6. The lowest BCUT2D eigenvalue weighted by Gasteiger charge is -2.35. The van der Waals surface area contributed by atoms with E-state index < -0.39 is 29.7 Å². The summed E-state index contributed by atoms with van der Waals surface area (Å²) in [5, 5.41) is 6.04. The van der Waals surface area contributed by atoms with Crippen LogP contribution in [0.25, 0.3) is 11.0 Å². The summed E-state index contributed by atoms with van der Waals surface area (Å²) >= 11 is 0. The fraction of sp³-hybridized carbons (Fsp3) is 0.605. The van der Waals surface area contributed by atoms with Gasteiger partial charge < -0.3 is 34.5 Å². The zero-order chi connectivity index (χ0) is 35.7. The molecule has 2 amide bonds. The molecule has 13 heteroatoms. The molecule has 13 nitrogen and oxygen atoms in total. The van der Waals surface area contributed by atoms with Crippen LogP contribution in [-0.2, 0) is 20.7 Å². The third-order valence-electron chi connectivity index (χ3n) is 11.1. The molecule has 3 fully saturated rings. The van der Waals surface area contributed by atoms with Crippen molar-refractivity contribution in [3.8, 4) is 11.6 Å². The number of aldehydes is 1. The molecular formula is C38H49N7O6. The van der Waals surface area contributed by atoms with Gasteiger partial charge in [-0.1, -0.05) is 40.5 Å². The number of aromatic nitrogens is 4. The molecule has 1 aromatic carbocycles. The first kappa shape index (κ1) is 34.9. The third kappa shape index (κ3) is 7.72. The van der Waals surface area contributed by atoms with Gasteiger partial charge in [0, 0.05) is 24.4 Å². The lowest BCUT2D eigenvalue weighted by Crippen LogP contribution is -2.56. The van der Waals surface area contributed by atoms with E-state index >= 15 is 0 Å². The standard InChI is InChI=1S/C38H49N7O6/c1-22-30(21-46)45-20-32(22)50-34-28(42-27-12-11-24(19-29(27)43-34)49-16-15-41-36-39-13-8-14-40-36)10-7-5-6-9-25-26-17-23(26)18-31(25)51-37(48)44-33(35(45)47)38(2,3)4/h8,11-14,19,21-23,25-26,30-33H,5-7,9-10,15-18,20H2,1-4H3,(H,44,48)(H,39,40,41)/t22-,23?,25+,26?,30+,31+,32-,33+/m0/s1. The van der Waals surface area contributed by atoms with Crippen molar-refractivity contribution in [2.24, 2.45) is 29.1 Å². The Morgan fingerprint density at radius 3 is 2.63 bits per heavy atom. The smallest absolute Gasteiger partial charge is 0.408 e. The number of benzene rings is 1. The van der Waals surface area contributed by atoms with Gasteiger partial charge in [0.1, 0.15) is 42.6 Å². The molecule has 7 rings (SSSR count). The second-order valence-corrected chi connectivity index (χ2v) is 15.7. The Hall–Kier alpha value is -4.55. The van der Waals surface area contributed by atoms with Crippen LogP contribution in [0, 0.1) is 29.1 Å². The van der Waals surface area contributed by atoms with Crippen LogP contribution in [0.4, 0.5) is 10.7 Å². The van der Waals surface area contributed by atoms with Gasteiger partial charge in [-0.05, 0) is 73.5 Å². The number of amides is 2. The molecule has 2 aliphatic heterocycles. The van der Waals surface area contributed by atoms with Gasteiger partial charge in [0.15, 0.2) is 0 Å². The van der Waals surface area contributed by atoms with Gasteiger partial charge in [-0.2, -0.15) is 0 Å². The lowest BCUT2D eigenvalue weighted by molar-refractivity contribution is -0.139. The molecule has 2 saturated carbocycles. The van der Waals surface area contributed by atoms with E-state index in [0.29, 0.717) is 60.4 Å². The maximum absolute atomic E-state index is 14.2. The molecule has 2 bridgehead atoms. The van der Waals surface area contributed by atoms with E-state index in [1.54, 1.807) is 23.4 Å². The second kappa shape index (κ2) is 14.6. The van der Waals surface area contributed by atoms with Crippen molar-refractivity contribution in [3.63, 3.8) is 0 Å². The molecule has 8 atom stereocenters. The summed E-state index contributed by atoms with van der Waals surface area (Å²) in [6.07, 6.45) is 9.63. The Labute approximate surface area is 298 Å². The largest absolute Gasteiger partial charge is 0.492 e. The molecule has 272 valence electrons. The maximum Gasteiger partial charge on any atom is 0.408 e. The predicted molar refractivity (Wildman–Crippen MR) is 189 cm³/mol. The van der Waals surface area contributed by atoms with Gasteiger partial charge in [0.2, 0.25) is 17.7 Å². The maximum atomic E-state index is 14.2. The minimum atomic E-state index is -0.892. The number of carbonyl (C=O) groups is 3. The van der Waals surface area contributed by atoms with Crippen molar-refractivity contribution in [1.82, 2.24) is 30.2 Å². The van der Waals surface area contributed by atoms with Crippen molar-refractivity contribution in [2.75, 3.05) is 25.0 Å². The Morgan fingerprint density at radius 1 is 1.02 bits per heavy atom. The van der Waals surface area contributed by atoms with E-state index in [4.69, 9.17) is 24.2 Å². The normalized spacial score (nSPS) is 29.7. The number of anilines is 1. The molecule has 4 heterocycles. The van der Waals surface area contributed by atoms with Crippen molar-refractivity contribution in [2.45, 2.75) is 96.9 Å². The van der Waals surface area contributed by atoms with E-state index in [2.05, 4.69) is 20.6 Å². The summed E-state index contributed by atoms with van der Waals surface area (Å²) in [6.45, 7) is 8.70. The SMILES string of the molecule is C[C@@H]1[C@@H]2CN(C(=O)[C@H](C(C)(C)C)NC(=O)O[C@@H]3CC4CC4[C@H]3CCCCCc3nc4ccc(OCCNc5ncccn5)cc4nc3O2)[C@@H]1C=O. The van der Waals surface area contributed by atoms with E-state index in [-0.39, 0.29) is 24.5 Å². The molecular weight excluding hydrogens is 650 g/mol. The van der Waals surface area contributed by atoms with Crippen molar-refractivity contribution >= 4 is 35.3 Å². The Kier molecular flexibility index (Phi) is 9.98. The number of alkyl carbamates (subject to hydrolysis) is 1. The molecule has 51 heavy (non-hydrogen) atoms. The average Bonchev–Trinajstić information content (AvgIpc) is 3.68.